The van der Waals surface area contributed by atoms with Gasteiger partial charge in [-0.1, -0.05) is 32.6 Å². The van der Waals surface area contributed by atoms with Crippen LogP contribution in [0.15, 0.2) is 12.3 Å². The number of hydrogen-bond acceptors (Lipinski definition) is 1. The molecule has 9 heavy (non-hydrogen) atoms. The molecule has 0 aromatic rings. The lowest BCUT2D eigenvalue weighted by Crippen LogP contribution is -2.36. The standard InChI is InChI=1S/C7H17NSi/c1-5-6-7-8-9(2,3)4/h6-8H,5H2,1-4H3/b7-6+. The largest absolute Gasteiger partial charge is 0.417 e. The molecule has 0 bridgehead atoms. The van der Waals surface area contributed by atoms with Crippen molar-refractivity contribution in [1.82, 2.24) is 4.98 Å². The van der Waals surface area contributed by atoms with E-state index in [-0.39, 0.29) is 0 Å². The van der Waals surface area contributed by atoms with Gasteiger partial charge in [0.25, 0.3) is 0 Å². The van der Waals surface area contributed by atoms with Gasteiger partial charge in [0.1, 0.15) is 8.24 Å². The highest BCUT2D eigenvalue weighted by Crippen LogP contribution is 1.93. The van der Waals surface area contributed by atoms with Crippen molar-refractivity contribution in [3.05, 3.63) is 12.3 Å². The lowest BCUT2D eigenvalue weighted by Gasteiger charge is -2.14. The Labute approximate surface area is 59.3 Å². The quantitative estimate of drug-likeness (QED) is 0.598. The van der Waals surface area contributed by atoms with Crippen LogP contribution in [0.25, 0.3) is 0 Å². The van der Waals surface area contributed by atoms with Gasteiger partial charge in [-0.25, -0.2) is 0 Å². The van der Waals surface area contributed by atoms with Crippen LogP contribution >= 0.6 is 0 Å². The number of nitrogens with one attached hydrogen (secondary N) is 1. The van der Waals surface area contributed by atoms with Gasteiger partial charge in [0, 0.05) is 0 Å². The first-order valence-electron chi connectivity index (χ1n) is 3.49. The van der Waals surface area contributed by atoms with Crippen molar-refractivity contribution in [1.29, 1.82) is 0 Å². The molecule has 1 N–H and O–H groups in total. The first kappa shape index (κ1) is 8.76. The Bertz CT molecular complexity index is 91.6. The Morgan fingerprint density at radius 3 is 2.22 bits per heavy atom. The van der Waals surface area contributed by atoms with Crippen LogP contribution < -0.4 is 4.98 Å². The van der Waals surface area contributed by atoms with Crippen LogP contribution in [0, 0.1) is 0 Å². The maximum absolute atomic E-state index is 3.38. The molecule has 0 heterocycles. The average molecular weight is 143 g/mol. The van der Waals surface area contributed by atoms with Crippen molar-refractivity contribution in [2.45, 2.75) is 33.0 Å². The molecule has 0 atom stereocenters. The zero-order valence-electron chi connectivity index (χ0n) is 6.86. The van der Waals surface area contributed by atoms with E-state index in [1.807, 2.05) is 0 Å². The topological polar surface area (TPSA) is 12.0 Å². The summed E-state index contributed by atoms with van der Waals surface area (Å²) in [6, 6.07) is 0. The van der Waals surface area contributed by atoms with Gasteiger partial charge in [0.15, 0.2) is 0 Å². The van der Waals surface area contributed by atoms with Gasteiger partial charge in [0.05, 0.1) is 0 Å². The van der Waals surface area contributed by atoms with Gasteiger partial charge in [-0.15, -0.1) is 0 Å². The highest BCUT2D eigenvalue weighted by Gasteiger charge is 2.08. The first-order chi connectivity index (χ1) is 4.06. The Kier molecular flexibility index (Phi) is 3.62. The second-order valence-corrected chi connectivity index (χ2v) is 7.99. The van der Waals surface area contributed by atoms with Gasteiger partial charge in [-0.2, -0.15) is 0 Å². The van der Waals surface area contributed by atoms with E-state index in [9.17, 15) is 0 Å². The van der Waals surface area contributed by atoms with Crippen LogP contribution in [0.3, 0.4) is 0 Å². The van der Waals surface area contributed by atoms with Gasteiger partial charge in [-0.3, -0.25) is 0 Å². The fraction of sp³-hybridized carbons (Fsp3) is 0.714. The van der Waals surface area contributed by atoms with Crippen molar-refractivity contribution in [3.63, 3.8) is 0 Å². The van der Waals surface area contributed by atoms with E-state index in [1.165, 1.54) is 0 Å². The molecule has 0 saturated heterocycles. The van der Waals surface area contributed by atoms with Crippen molar-refractivity contribution in [2.75, 3.05) is 0 Å². The predicted molar refractivity (Wildman–Crippen MR) is 45.9 cm³/mol. The molecule has 0 spiro atoms. The molecule has 0 saturated carbocycles. The van der Waals surface area contributed by atoms with Crippen LogP contribution in [0.4, 0.5) is 0 Å². The molecule has 54 valence electrons. The zero-order valence-corrected chi connectivity index (χ0v) is 7.86. The maximum atomic E-state index is 3.38. The average Bonchev–Trinajstić information content (AvgIpc) is 1.63. The molecule has 0 aliphatic rings. The highest BCUT2D eigenvalue weighted by atomic mass is 28.3. The van der Waals surface area contributed by atoms with E-state index in [1.54, 1.807) is 0 Å². The van der Waals surface area contributed by atoms with Gasteiger partial charge >= 0.3 is 0 Å². The Morgan fingerprint density at radius 2 is 1.89 bits per heavy atom. The molecule has 0 aliphatic carbocycles. The summed E-state index contributed by atoms with van der Waals surface area (Å²) < 4.78 is 0. The number of hydrogen-bond donors (Lipinski definition) is 1. The fourth-order valence-electron chi connectivity index (χ4n) is 0.427. The van der Waals surface area contributed by atoms with E-state index in [4.69, 9.17) is 0 Å². The third kappa shape index (κ3) is 7.76. The molecular formula is C7H17NSi. The summed E-state index contributed by atoms with van der Waals surface area (Å²) in [6.45, 7) is 9.00. The first-order valence-corrected chi connectivity index (χ1v) is 6.99. The Hall–Kier alpha value is -0.243. The third-order valence-corrected chi connectivity index (χ3v) is 1.90. The van der Waals surface area contributed by atoms with Crippen molar-refractivity contribution in [3.8, 4) is 0 Å². The van der Waals surface area contributed by atoms with Crippen molar-refractivity contribution >= 4 is 8.24 Å². The van der Waals surface area contributed by atoms with E-state index in [0.717, 1.165) is 6.42 Å². The SMILES string of the molecule is CC/C=C/N[Si](C)(C)C. The van der Waals surface area contributed by atoms with E-state index in [2.05, 4.69) is 43.8 Å². The molecule has 0 radical (unpaired) electrons. The maximum Gasteiger partial charge on any atom is 0.143 e. The minimum absolute atomic E-state index is 1.03. The van der Waals surface area contributed by atoms with Gasteiger partial charge < -0.3 is 4.98 Å². The summed E-state index contributed by atoms with van der Waals surface area (Å²) in [7, 11) is -1.03. The minimum atomic E-state index is -1.03. The molecule has 0 amide bonds. The predicted octanol–water partition coefficient (Wildman–Crippen LogP) is 2.33. The zero-order chi connectivity index (χ0) is 7.33. The monoisotopic (exact) mass is 143 g/mol. The summed E-state index contributed by atoms with van der Waals surface area (Å²) >= 11 is 0. The van der Waals surface area contributed by atoms with Gasteiger partial charge in [0.2, 0.25) is 0 Å². The van der Waals surface area contributed by atoms with Crippen LogP contribution in [0.2, 0.25) is 19.6 Å². The highest BCUT2D eigenvalue weighted by molar-refractivity contribution is 6.73. The minimum Gasteiger partial charge on any atom is -0.417 e. The van der Waals surface area contributed by atoms with Crippen LogP contribution in [0.1, 0.15) is 13.3 Å². The van der Waals surface area contributed by atoms with Crippen LogP contribution in [-0.4, -0.2) is 8.24 Å². The number of allylic oxidation sites excluding steroid dienone is 1. The normalized spacial score (nSPS) is 12.4. The van der Waals surface area contributed by atoms with Crippen LogP contribution in [0.5, 0.6) is 0 Å². The summed E-state index contributed by atoms with van der Waals surface area (Å²) in [5, 5.41) is 0. The molecule has 0 aromatic heterocycles. The van der Waals surface area contributed by atoms with E-state index >= 15 is 0 Å². The summed E-state index contributed by atoms with van der Waals surface area (Å²) in [5.74, 6) is 0. The Morgan fingerprint density at radius 1 is 1.33 bits per heavy atom. The fourth-order valence-corrected chi connectivity index (χ4v) is 1.04. The Balaban J connectivity index is 3.38. The smallest absolute Gasteiger partial charge is 0.143 e. The molecule has 0 aliphatic heterocycles. The van der Waals surface area contributed by atoms with Crippen LogP contribution in [-0.2, 0) is 0 Å². The summed E-state index contributed by atoms with van der Waals surface area (Å²) in [4.78, 5) is 3.38. The second-order valence-electron chi connectivity index (χ2n) is 3.20. The lowest BCUT2D eigenvalue weighted by atomic mass is 10.5. The molecule has 0 rings (SSSR count). The summed E-state index contributed by atoms with van der Waals surface area (Å²) in [6.07, 6.45) is 5.35. The molecule has 0 unspecified atom stereocenters. The molecule has 1 nitrogen and oxygen atoms in total. The second kappa shape index (κ2) is 3.72. The third-order valence-electron chi connectivity index (χ3n) is 0.870. The molecule has 0 fully saturated rings. The molecule has 0 aromatic carbocycles. The van der Waals surface area contributed by atoms with Gasteiger partial charge in [-0.05, 0) is 12.6 Å². The molecule has 2 heteroatoms. The summed E-state index contributed by atoms with van der Waals surface area (Å²) in [5.41, 5.74) is 0. The lowest BCUT2D eigenvalue weighted by molar-refractivity contribution is 1.17. The number of rotatable bonds is 3. The molecular weight excluding hydrogens is 126 g/mol. The van der Waals surface area contributed by atoms with E-state index < -0.39 is 8.24 Å². The van der Waals surface area contributed by atoms with Crippen molar-refractivity contribution in [2.24, 2.45) is 0 Å². The van der Waals surface area contributed by atoms with Crippen molar-refractivity contribution < 1.29 is 0 Å². The van der Waals surface area contributed by atoms with E-state index in [0.29, 0.717) is 0 Å².